The lowest BCUT2D eigenvalue weighted by Gasteiger charge is -2.03. The lowest BCUT2D eigenvalue weighted by atomic mass is 10.1. The minimum Gasteiger partial charge on any atom is -0.387 e. The van der Waals surface area contributed by atoms with Crippen molar-refractivity contribution in [2.75, 3.05) is 0 Å². The quantitative estimate of drug-likeness (QED) is 0.581. The third-order valence-corrected chi connectivity index (χ3v) is 1.33. The first kappa shape index (κ1) is 9.92. The van der Waals surface area contributed by atoms with Crippen LogP contribution in [0.2, 0.25) is 0 Å². The van der Waals surface area contributed by atoms with Crippen molar-refractivity contribution >= 4 is 0 Å². The zero-order valence-corrected chi connectivity index (χ0v) is 6.72. The summed E-state index contributed by atoms with van der Waals surface area (Å²) in [5.41, 5.74) is 0. The molecule has 2 N–H and O–H groups in total. The monoisotopic (exact) mass is 144 g/mol. The first-order valence-corrected chi connectivity index (χ1v) is 3.65. The van der Waals surface area contributed by atoms with Crippen LogP contribution in [-0.4, -0.2) is 10.2 Å². The van der Waals surface area contributed by atoms with Gasteiger partial charge in [-0.1, -0.05) is 12.8 Å². The van der Waals surface area contributed by atoms with Crippen molar-refractivity contribution < 1.29 is 10.2 Å². The summed E-state index contributed by atoms with van der Waals surface area (Å²) in [7, 11) is 0. The van der Waals surface area contributed by atoms with E-state index in [4.69, 9.17) is 10.2 Å². The molecule has 0 bridgehead atoms. The Labute approximate surface area is 62.9 Å². The van der Waals surface area contributed by atoms with Crippen LogP contribution in [0.3, 0.4) is 0 Å². The second-order valence-corrected chi connectivity index (χ2v) is 2.68. The maximum absolute atomic E-state index is 8.76. The standard InChI is InChI=1S/C8H16O2/c1-7(9)5-3-4-6-8(2)10/h9-10H,3-6H2,1-2H3. The van der Waals surface area contributed by atoms with Gasteiger partial charge in [0, 0.05) is 0 Å². The van der Waals surface area contributed by atoms with E-state index in [1.165, 1.54) is 0 Å². The van der Waals surface area contributed by atoms with Crippen LogP contribution in [-0.2, 0) is 0 Å². The Kier molecular flexibility index (Phi) is 5.64. The molecular formula is C8H16O2. The summed E-state index contributed by atoms with van der Waals surface area (Å²) in [5.74, 6) is 0. The predicted molar refractivity (Wildman–Crippen MR) is 40.2 cm³/mol. The zero-order valence-electron chi connectivity index (χ0n) is 6.72. The van der Waals surface area contributed by atoms with Crippen LogP contribution < -0.4 is 0 Å². The molecule has 0 rings (SSSR count). The Bertz CT molecular complexity index is 59.7. The average molecular weight is 144 g/mol. The van der Waals surface area contributed by atoms with E-state index in [0.29, 0.717) is 12.2 Å². The average Bonchev–Trinajstić information content (AvgIpc) is 1.79. The molecule has 0 aromatic heterocycles. The highest BCUT2D eigenvalue weighted by atomic mass is 16.3. The largest absolute Gasteiger partial charge is 0.387 e. The first-order valence-electron chi connectivity index (χ1n) is 3.65. The Balaban J connectivity index is 2.91. The summed E-state index contributed by atoms with van der Waals surface area (Å²) >= 11 is 0. The van der Waals surface area contributed by atoms with E-state index < -0.39 is 0 Å². The summed E-state index contributed by atoms with van der Waals surface area (Å²) in [4.78, 5) is 0. The van der Waals surface area contributed by atoms with Gasteiger partial charge in [-0.25, -0.2) is 0 Å². The number of hydrogen-bond acceptors (Lipinski definition) is 2. The fourth-order valence-corrected chi connectivity index (χ4v) is 0.762. The fourth-order valence-electron chi connectivity index (χ4n) is 0.762. The van der Waals surface area contributed by atoms with Gasteiger partial charge in [-0.2, -0.15) is 0 Å². The third kappa shape index (κ3) is 7.92. The molecule has 10 heavy (non-hydrogen) atoms. The van der Waals surface area contributed by atoms with Crippen LogP contribution in [0.5, 0.6) is 0 Å². The van der Waals surface area contributed by atoms with E-state index in [1.54, 1.807) is 13.8 Å². The molecule has 0 aromatic rings. The van der Waals surface area contributed by atoms with Crippen LogP contribution in [0.4, 0.5) is 0 Å². The molecule has 60 valence electrons. The van der Waals surface area contributed by atoms with Gasteiger partial charge >= 0.3 is 0 Å². The van der Waals surface area contributed by atoms with E-state index >= 15 is 0 Å². The minimum atomic E-state index is 0.482. The van der Waals surface area contributed by atoms with E-state index in [1.807, 2.05) is 0 Å². The van der Waals surface area contributed by atoms with Gasteiger partial charge in [-0.15, -0.1) is 0 Å². The third-order valence-electron chi connectivity index (χ3n) is 1.33. The van der Waals surface area contributed by atoms with Crippen molar-refractivity contribution in [2.45, 2.75) is 39.5 Å². The zero-order chi connectivity index (χ0) is 7.98. The summed E-state index contributed by atoms with van der Waals surface area (Å²) in [5, 5.41) is 17.5. The lowest BCUT2D eigenvalue weighted by molar-refractivity contribution is 0.273. The molecule has 0 aliphatic rings. The molecule has 2 heteroatoms. The number of aliphatic hydroxyl groups excluding tert-OH is 2. The summed E-state index contributed by atoms with van der Waals surface area (Å²) in [6.45, 7) is 3.41. The maximum atomic E-state index is 8.76. The van der Waals surface area contributed by atoms with Gasteiger partial charge in [0.1, 0.15) is 0 Å². The molecule has 2 radical (unpaired) electrons. The molecule has 0 fully saturated rings. The van der Waals surface area contributed by atoms with Crippen molar-refractivity contribution in [3.63, 3.8) is 0 Å². The topological polar surface area (TPSA) is 40.5 Å². The van der Waals surface area contributed by atoms with E-state index in [-0.39, 0.29) is 0 Å². The summed E-state index contributed by atoms with van der Waals surface area (Å²) in [6, 6.07) is 0. The van der Waals surface area contributed by atoms with Gasteiger partial charge in [-0.3, -0.25) is 0 Å². The van der Waals surface area contributed by atoms with Gasteiger partial charge in [-0.05, 0) is 26.7 Å². The highest BCUT2D eigenvalue weighted by molar-refractivity contribution is 4.70. The van der Waals surface area contributed by atoms with Crippen molar-refractivity contribution in [1.29, 1.82) is 0 Å². The fraction of sp³-hybridized carbons (Fsp3) is 0.750. The summed E-state index contributed by atoms with van der Waals surface area (Å²) in [6.07, 6.45) is 4.40. The van der Waals surface area contributed by atoms with Gasteiger partial charge < -0.3 is 10.2 Å². The van der Waals surface area contributed by atoms with Crippen molar-refractivity contribution in [3.8, 4) is 0 Å². The molecule has 2 nitrogen and oxygen atoms in total. The first-order chi connectivity index (χ1) is 4.63. The number of rotatable bonds is 5. The van der Waals surface area contributed by atoms with E-state index in [9.17, 15) is 0 Å². The number of hydrogen-bond donors (Lipinski definition) is 2. The lowest BCUT2D eigenvalue weighted by Crippen LogP contribution is -1.91. The number of unbranched alkanes of at least 4 members (excludes halogenated alkanes) is 1. The maximum Gasteiger partial charge on any atom is 0.0902 e. The Morgan fingerprint density at radius 2 is 1.20 bits per heavy atom. The van der Waals surface area contributed by atoms with E-state index in [0.717, 1.165) is 25.7 Å². The second-order valence-electron chi connectivity index (χ2n) is 2.68. The van der Waals surface area contributed by atoms with Gasteiger partial charge in [0.05, 0.1) is 12.2 Å². The van der Waals surface area contributed by atoms with Crippen LogP contribution >= 0.6 is 0 Å². The van der Waals surface area contributed by atoms with Crippen LogP contribution in [0, 0.1) is 12.2 Å². The van der Waals surface area contributed by atoms with E-state index in [2.05, 4.69) is 0 Å². The normalized spacial score (nSPS) is 11.4. The Hall–Kier alpha value is -0.0800. The number of aliphatic hydroxyl groups is 2. The van der Waals surface area contributed by atoms with Gasteiger partial charge in [0.2, 0.25) is 0 Å². The molecule has 0 aromatic carbocycles. The van der Waals surface area contributed by atoms with Gasteiger partial charge in [0.25, 0.3) is 0 Å². The smallest absolute Gasteiger partial charge is 0.0902 e. The Morgan fingerprint density at radius 3 is 1.40 bits per heavy atom. The molecule has 0 unspecified atom stereocenters. The Morgan fingerprint density at radius 1 is 0.900 bits per heavy atom. The molecule has 0 spiro atoms. The highest BCUT2D eigenvalue weighted by Crippen LogP contribution is 2.11. The predicted octanol–water partition coefficient (Wildman–Crippen LogP) is 2.40. The second kappa shape index (κ2) is 5.69. The van der Waals surface area contributed by atoms with Crippen molar-refractivity contribution in [2.24, 2.45) is 0 Å². The molecule has 0 saturated heterocycles. The summed E-state index contributed by atoms with van der Waals surface area (Å²) < 4.78 is 0. The SMILES string of the molecule is C[C](O)CCCC[C](C)O. The molecule has 0 saturated carbocycles. The highest BCUT2D eigenvalue weighted by Gasteiger charge is 1.99. The van der Waals surface area contributed by atoms with Crippen molar-refractivity contribution in [1.82, 2.24) is 0 Å². The van der Waals surface area contributed by atoms with Crippen LogP contribution in [0.1, 0.15) is 39.5 Å². The van der Waals surface area contributed by atoms with Gasteiger partial charge in [0.15, 0.2) is 0 Å². The van der Waals surface area contributed by atoms with Crippen molar-refractivity contribution in [3.05, 3.63) is 12.2 Å². The van der Waals surface area contributed by atoms with Crippen LogP contribution in [0.25, 0.3) is 0 Å². The van der Waals surface area contributed by atoms with Crippen LogP contribution in [0.15, 0.2) is 0 Å². The minimum absolute atomic E-state index is 0.482. The molecule has 0 atom stereocenters. The molecule has 0 aliphatic heterocycles. The molecule has 0 aliphatic carbocycles. The molecular weight excluding hydrogens is 128 g/mol. The molecule has 0 heterocycles. The molecule has 0 amide bonds.